The van der Waals surface area contributed by atoms with Crippen molar-refractivity contribution in [2.75, 3.05) is 6.54 Å². The Balaban J connectivity index is 1.78. The van der Waals surface area contributed by atoms with Gasteiger partial charge in [0.25, 0.3) is 0 Å². The summed E-state index contributed by atoms with van der Waals surface area (Å²) in [5, 5.41) is 3.79. The Morgan fingerprint density at radius 2 is 2.38 bits per heavy atom. The molecule has 16 heavy (non-hydrogen) atoms. The normalized spacial score (nSPS) is 41.9. The van der Waals surface area contributed by atoms with Crippen molar-refractivity contribution < 1.29 is 4.79 Å². The molecule has 1 N–H and O–H groups in total. The predicted octanol–water partition coefficient (Wildman–Crippen LogP) is 2.27. The third-order valence-corrected chi connectivity index (χ3v) is 5.72. The first-order valence-corrected chi connectivity index (χ1v) is 6.95. The maximum Gasteiger partial charge on any atom is 0.223 e. The zero-order valence-electron chi connectivity index (χ0n) is 9.32. The van der Waals surface area contributed by atoms with Crippen molar-refractivity contribution in [2.45, 2.75) is 35.7 Å². The molecule has 86 valence electrons. The zero-order valence-corrected chi connectivity index (χ0v) is 10.1. The highest BCUT2D eigenvalue weighted by Crippen LogP contribution is 2.54. The zero-order chi connectivity index (χ0) is 11.0. The van der Waals surface area contributed by atoms with Crippen LogP contribution in [0.15, 0.2) is 24.3 Å². The first-order valence-electron chi connectivity index (χ1n) is 6.07. The second-order valence-corrected chi connectivity index (χ2v) is 6.52. The number of fused-ring (bicyclic) bond motifs is 2. The summed E-state index contributed by atoms with van der Waals surface area (Å²) in [7, 11) is 0. The highest BCUT2D eigenvalue weighted by Gasteiger charge is 2.46. The van der Waals surface area contributed by atoms with Crippen molar-refractivity contribution in [3.63, 3.8) is 0 Å². The molecule has 0 radical (unpaired) electrons. The fourth-order valence-corrected chi connectivity index (χ4v) is 4.67. The molecule has 3 aliphatic heterocycles. The van der Waals surface area contributed by atoms with Crippen LogP contribution in [0.4, 0.5) is 0 Å². The van der Waals surface area contributed by atoms with Crippen molar-refractivity contribution in [1.82, 2.24) is 5.32 Å². The molecule has 2 nitrogen and oxygen atoms in total. The Bertz CT molecular complexity index is 363. The van der Waals surface area contributed by atoms with Gasteiger partial charge in [-0.3, -0.25) is 4.79 Å². The minimum Gasteiger partial charge on any atom is -0.355 e. The maximum absolute atomic E-state index is 11.4. The van der Waals surface area contributed by atoms with Crippen LogP contribution in [0.5, 0.6) is 0 Å². The smallest absolute Gasteiger partial charge is 0.223 e. The average molecular weight is 235 g/mol. The van der Waals surface area contributed by atoms with Gasteiger partial charge in [-0.1, -0.05) is 24.3 Å². The molecule has 0 aromatic rings. The van der Waals surface area contributed by atoms with Crippen LogP contribution in [-0.2, 0) is 4.79 Å². The Labute approximate surface area is 101 Å². The monoisotopic (exact) mass is 235 g/mol. The van der Waals surface area contributed by atoms with Crippen LogP contribution in [0.25, 0.3) is 0 Å². The van der Waals surface area contributed by atoms with Crippen molar-refractivity contribution in [1.29, 1.82) is 0 Å². The lowest BCUT2D eigenvalue weighted by atomic mass is 9.81. The van der Waals surface area contributed by atoms with E-state index in [1.165, 1.54) is 12.8 Å². The van der Waals surface area contributed by atoms with Gasteiger partial charge < -0.3 is 5.32 Å². The van der Waals surface area contributed by atoms with E-state index >= 15 is 0 Å². The highest BCUT2D eigenvalue weighted by molar-refractivity contribution is 8.02. The van der Waals surface area contributed by atoms with Crippen LogP contribution in [-0.4, -0.2) is 22.4 Å². The minimum absolute atomic E-state index is 0.166. The van der Waals surface area contributed by atoms with Gasteiger partial charge in [-0.2, -0.15) is 0 Å². The molecule has 1 amide bonds. The number of rotatable bonds is 1. The van der Waals surface area contributed by atoms with Crippen molar-refractivity contribution in [3.8, 4) is 0 Å². The lowest BCUT2D eigenvalue weighted by molar-refractivity contribution is -0.120. The number of carbonyl (C=O) groups is 1. The van der Waals surface area contributed by atoms with E-state index in [2.05, 4.69) is 35.3 Å². The first-order chi connectivity index (χ1) is 7.78. The van der Waals surface area contributed by atoms with Crippen molar-refractivity contribution >= 4 is 17.7 Å². The average Bonchev–Trinajstić information content (AvgIpc) is 2.84. The van der Waals surface area contributed by atoms with E-state index < -0.39 is 0 Å². The Hall–Kier alpha value is -0.700. The molecule has 3 atom stereocenters. The standard InChI is InChI=1S/C13H17NOS/c15-12-4-2-1-3-10(9-14-12)13-7-5-11(16-13)6-8-13/h1-2,5,7,10-11H,3-4,6,8-9H2,(H,14,15). The van der Waals surface area contributed by atoms with E-state index in [4.69, 9.17) is 0 Å². The summed E-state index contributed by atoms with van der Waals surface area (Å²) in [5.41, 5.74) is 0. The quantitative estimate of drug-likeness (QED) is 0.706. The molecule has 2 bridgehead atoms. The summed E-state index contributed by atoms with van der Waals surface area (Å²) in [5.74, 6) is 0.737. The van der Waals surface area contributed by atoms with Gasteiger partial charge in [-0.05, 0) is 25.2 Å². The van der Waals surface area contributed by atoms with Crippen LogP contribution in [0, 0.1) is 5.92 Å². The Morgan fingerprint density at radius 3 is 3.06 bits per heavy atom. The summed E-state index contributed by atoms with van der Waals surface area (Å²) in [6, 6.07) is 0. The molecule has 0 aromatic heterocycles. The molecule has 3 unspecified atom stereocenters. The van der Waals surface area contributed by atoms with Gasteiger partial charge in [-0.15, -0.1) is 11.8 Å². The van der Waals surface area contributed by atoms with Gasteiger partial charge >= 0.3 is 0 Å². The van der Waals surface area contributed by atoms with E-state index in [1.807, 2.05) is 6.08 Å². The SMILES string of the molecule is O=C1CC=CCC(C23C=CC(CC2)S3)CN1. The molecule has 1 fully saturated rings. The number of nitrogens with one attached hydrogen (secondary N) is 1. The first kappa shape index (κ1) is 10.5. The largest absolute Gasteiger partial charge is 0.355 e. The lowest BCUT2D eigenvalue weighted by Gasteiger charge is -2.33. The summed E-state index contributed by atoms with van der Waals surface area (Å²) >= 11 is 2.11. The van der Waals surface area contributed by atoms with Crippen LogP contribution in [0.3, 0.4) is 0 Å². The molecule has 0 aliphatic carbocycles. The summed E-state index contributed by atoms with van der Waals surface area (Å²) < 4.78 is 0.319. The Kier molecular flexibility index (Phi) is 2.58. The molecule has 1 saturated heterocycles. The molecular formula is C13H17NOS. The molecule has 3 aliphatic rings. The summed E-state index contributed by atoms with van der Waals surface area (Å²) in [6.07, 6.45) is 13.2. The van der Waals surface area contributed by atoms with E-state index in [0.717, 1.165) is 18.2 Å². The second kappa shape index (κ2) is 3.95. The molecule has 0 aromatic carbocycles. The number of hydrogen-bond acceptors (Lipinski definition) is 2. The van der Waals surface area contributed by atoms with Gasteiger partial charge in [-0.25, -0.2) is 0 Å². The van der Waals surface area contributed by atoms with E-state index in [1.54, 1.807) is 0 Å². The molecule has 3 rings (SSSR count). The van der Waals surface area contributed by atoms with Crippen LogP contribution in [0.2, 0.25) is 0 Å². The van der Waals surface area contributed by atoms with Gasteiger partial charge in [0, 0.05) is 23.0 Å². The Morgan fingerprint density at radius 1 is 1.44 bits per heavy atom. The second-order valence-electron chi connectivity index (χ2n) is 4.92. The van der Waals surface area contributed by atoms with Gasteiger partial charge in [0.05, 0.1) is 0 Å². The highest BCUT2D eigenvalue weighted by atomic mass is 32.2. The fourth-order valence-electron chi connectivity index (χ4n) is 2.95. The minimum atomic E-state index is 0.166. The summed E-state index contributed by atoms with van der Waals surface area (Å²) in [6.45, 7) is 0.841. The number of carbonyl (C=O) groups excluding carboxylic acids is 1. The van der Waals surface area contributed by atoms with E-state index in [-0.39, 0.29) is 5.91 Å². The summed E-state index contributed by atoms with van der Waals surface area (Å²) in [4.78, 5) is 11.4. The topological polar surface area (TPSA) is 29.1 Å². The molecular weight excluding hydrogens is 218 g/mol. The van der Waals surface area contributed by atoms with Crippen LogP contribution >= 0.6 is 11.8 Å². The maximum atomic E-state index is 11.4. The third kappa shape index (κ3) is 1.71. The number of amides is 1. The van der Waals surface area contributed by atoms with E-state index in [0.29, 0.717) is 17.1 Å². The molecule has 0 saturated carbocycles. The predicted molar refractivity (Wildman–Crippen MR) is 67.4 cm³/mol. The van der Waals surface area contributed by atoms with Gasteiger partial charge in [0.2, 0.25) is 5.91 Å². The van der Waals surface area contributed by atoms with Gasteiger partial charge in [0.15, 0.2) is 0 Å². The van der Waals surface area contributed by atoms with Gasteiger partial charge in [0.1, 0.15) is 0 Å². The number of hydrogen-bond donors (Lipinski definition) is 1. The third-order valence-electron chi connectivity index (χ3n) is 3.91. The molecule has 3 heteroatoms. The van der Waals surface area contributed by atoms with Crippen LogP contribution in [0.1, 0.15) is 25.7 Å². The lowest BCUT2D eigenvalue weighted by Crippen LogP contribution is -2.39. The molecule has 0 spiro atoms. The number of allylic oxidation sites excluding steroid dienone is 1. The number of thioether (sulfide) groups is 1. The van der Waals surface area contributed by atoms with Crippen molar-refractivity contribution in [2.24, 2.45) is 5.92 Å². The van der Waals surface area contributed by atoms with Crippen molar-refractivity contribution in [3.05, 3.63) is 24.3 Å². The van der Waals surface area contributed by atoms with Crippen LogP contribution < -0.4 is 5.32 Å². The molecule has 3 heterocycles. The van der Waals surface area contributed by atoms with E-state index in [9.17, 15) is 4.79 Å². The fraction of sp³-hybridized carbons (Fsp3) is 0.615.